The van der Waals surface area contributed by atoms with Gasteiger partial charge in [-0.1, -0.05) is 35.8 Å². The summed E-state index contributed by atoms with van der Waals surface area (Å²) in [5.74, 6) is 0. The normalized spacial score (nSPS) is 12.2. The molecule has 0 N–H and O–H groups in total. The fourth-order valence-electron chi connectivity index (χ4n) is 1.72. The van der Waals surface area contributed by atoms with E-state index in [4.69, 9.17) is 17.0 Å². The Balaban J connectivity index is 3.88. The number of hydrogen-bond acceptors (Lipinski definition) is 2. The van der Waals surface area contributed by atoms with Crippen LogP contribution in [-0.2, 0) is 4.74 Å². The lowest BCUT2D eigenvalue weighted by molar-refractivity contribution is 0.350. The molecular weight excluding hydrogens is 264 g/mol. The maximum atomic E-state index is 5.40. The van der Waals surface area contributed by atoms with Crippen LogP contribution in [0.1, 0.15) is 66.7 Å². The molecule has 0 fully saturated rings. The van der Waals surface area contributed by atoms with Crippen LogP contribution in [0, 0.1) is 0 Å². The van der Waals surface area contributed by atoms with E-state index in [1.165, 1.54) is 23.1 Å². The van der Waals surface area contributed by atoms with Crippen molar-refractivity contribution in [3.8, 4) is 0 Å². The Morgan fingerprint density at radius 3 is 2.00 bits per heavy atom. The molecule has 0 saturated heterocycles. The molecule has 0 radical (unpaired) electrons. The average molecular weight is 295 g/mol. The van der Waals surface area contributed by atoms with Crippen LogP contribution in [0.2, 0.25) is 0 Å². The second-order valence-corrected chi connectivity index (χ2v) is 5.95. The summed E-state index contributed by atoms with van der Waals surface area (Å²) in [6.07, 6.45) is 12.1. The lowest BCUT2D eigenvalue weighted by atomic mass is 10.1. The molecule has 0 aliphatic carbocycles. The van der Waals surface area contributed by atoms with Crippen molar-refractivity contribution in [3.05, 3.63) is 34.9 Å². The van der Waals surface area contributed by atoms with Crippen LogP contribution in [0.25, 0.3) is 0 Å². The first-order valence-electron chi connectivity index (χ1n) is 7.56. The van der Waals surface area contributed by atoms with Crippen LogP contribution >= 0.6 is 12.2 Å². The molecule has 0 bridgehead atoms. The van der Waals surface area contributed by atoms with Crippen LogP contribution in [0.5, 0.6) is 0 Å². The summed E-state index contributed by atoms with van der Waals surface area (Å²) in [5.41, 5.74) is 4.26. The Bertz CT molecular complexity index is 371. The zero-order valence-corrected chi connectivity index (χ0v) is 14.6. The van der Waals surface area contributed by atoms with Gasteiger partial charge in [0.2, 0.25) is 0 Å². The van der Waals surface area contributed by atoms with Crippen molar-refractivity contribution in [1.82, 2.24) is 0 Å². The van der Waals surface area contributed by atoms with Gasteiger partial charge < -0.3 is 4.74 Å². The van der Waals surface area contributed by atoms with Crippen molar-refractivity contribution in [1.29, 1.82) is 0 Å². The molecule has 0 unspecified atom stereocenters. The highest BCUT2D eigenvalue weighted by molar-refractivity contribution is 7.80. The number of hydrogen-bond donors (Lipinski definition) is 0. The van der Waals surface area contributed by atoms with Crippen molar-refractivity contribution in [2.75, 3.05) is 6.61 Å². The molecule has 1 nitrogen and oxygen atoms in total. The minimum atomic E-state index is 0.613. The van der Waals surface area contributed by atoms with Crippen LogP contribution in [0.3, 0.4) is 0 Å². The SMILES string of the molecule is CCC(=S)OCC=C(C)CCC=C(C)CCC=C(C)C. The van der Waals surface area contributed by atoms with E-state index < -0.39 is 0 Å². The van der Waals surface area contributed by atoms with Gasteiger partial charge in [0.15, 0.2) is 5.05 Å². The Labute approximate surface area is 130 Å². The molecule has 0 atom stereocenters. The van der Waals surface area contributed by atoms with Gasteiger partial charge in [0.05, 0.1) is 0 Å². The standard InChI is InChI=1S/C18H30OS/c1-6-18(20)19-14-13-17(5)12-8-11-16(4)10-7-9-15(2)3/h9,11,13H,6-8,10,12,14H2,1-5H3. The molecule has 0 rings (SSSR count). The topological polar surface area (TPSA) is 9.23 Å². The lowest BCUT2D eigenvalue weighted by Crippen LogP contribution is -1.99. The third-order valence-corrected chi connectivity index (χ3v) is 3.49. The molecule has 0 saturated carbocycles. The Morgan fingerprint density at radius 2 is 1.45 bits per heavy atom. The van der Waals surface area contributed by atoms with E-state index in [2.05, 4.69) is 45.9 Å². The first-order valence-corrected chi connectivity index (χ1v) is 7.96. The second kappa shape index (κ2) is 11.9. The van der Waals surface area contributed by atoms with Crippen molar-refractivity contribution < 1.29 is 4.74 Å². The second-order valence-electron chi connectivity index (χ2n) is 5.50. The van der Waals surface area contributed by atoms with Gasteiger partial charge in [-0.05, 0) is 71.7 Å². The number of allylic oxidation sites excluding steroid dienone is 5. The molecule has 0 aliphatic heterocycles. The van der Waals surface area contributed by atoms with Gasteiger partial charge in [-0.15, -0.1) is 0 Å². The monoisotopic (exact) mass is 294 g/mol. The van der Waals surface area contributed by atoms with E-state index in [1.807, 2.05) is 6.92 Å². The van der Waals surface area contributed by atoms with Gasteiger partial charge in [-0.2, -0.15) is 0 Å². The fraction of sp³-hybridized carbons (Fsp3) is 0.611. The molecule has 0 aromatic carbocycles. The fourth-order valence-corrected chi connectivity index (χ4v) is 1.79. The Hall–Kier alpha value is -0.890. The molecule has 0 heterocycles. The zero-order valence-electron chi connectivity index (χ0n) is 13.8. The van der Waals surface area contributed by atoms with E-state index in [1.54, 1.807) is 0 Å². The number of rotatable bonds is 9. The minimum Gasteiger partial charge on any atom is -0.483 e. The molecule has 2 heteroatoms. The van der Waals surface area contributed by atoms with Crippen LogP contribution in [0.4, 0.5) is 0 Å². The largest absolute Gasteiger partial charge is 0.483 e. The smallest absolute Gasteiger partial charge is 0.159 e. The highest BCUT2D eigenvalue weighted by Gasteiger charge is 1.94. The third kappa shape index (κ3) is 12.2. The molecule has 0 amide bonds. The van der Waals surface area contributed by atoms with Gasteiger partial charge in [0.25, 0.3) is 0 Å². The van der Waals surface area contributed by atoms with E-state index in [-0.39, 0.29) is 0 Å². The van der Waals surface area contributed by atoms with Crippen LogP contribution in [-0.4, -0.2) is 11.7 Å². The van der Waals surface area contributed by atoms with Gasteiger partial charge in [0, 0.05) is 6.42 Å². The molecule has 114 valence electrons. The molecule has 20 heavy (non-hydrogen) atoms. The first kappa shape index (κ1) is 19.1. The summed E-state index contributed by atoms with van der Waals surface area (Å²) in [6, 6.07) is 0. The van der Waals surface area contributed by atoms with E-state index >= 15 is 0 Å². The van der Waals surface area contributed by atoms with Crippen molar-refractivity contribution in [3.63, 3.8) is 0 Å². The average Bonchev–Trinajstić information content (AvgIpc) is 2.38. The van der Waals surface area contributed by atoms with E-state index in [0.717, 1.165) is 25.7 Å². The van der Waals surface area contributed by atoms with E-state index in [9.17, 15) is 0 Å². The quantitative estimate of drug-likeness (QED) is 0.372. The maximum absolute atomic E-state index is 5.40. The summed E-state index contributed by atoms with van der Waals surface area (Å²) in [4.78, 5) is 0. The van der Waals surface area contributed by atoms with Gasteiger partial charge in [-0.3, -0.25) is 0 Å². The highest BCUT2D eigenvalue weighted by Crippen LogP contribution is 2.11. The number of ether oxygens (including phenoxy) is 1. The van der Waals surface area contributed by atoms with Gasteiger partial charge in [-0.25, -0.2) is 0 Å². The van der Waals surface area contributed by atoms with Gasteiger partial charge >= 0.3 is 0 Å². The predicted molar refractivity (Wildman–Crippen MR) is 94.3 cm³/mol. The Morgan fingerprint density at radius 1 is 0.900 bits per heavy atom. The summed E-state index contributed by atoms with van der Waals surface area (Å²) in [6.45, 7) is 11.3. The lowest BCUT2D eigenvalue weighted by Gasteiger charge is -2.04. The summed E-state index contributed by atoms with van der Waals surface area (Å²) >= 11 is 5.02. The van der Waals surface area contributed by atoms with Crippen molar-refractivity contribution in [2.24, 2.45) is 0 Å². The predicted octanol–water partition coefficient (Wildman–Crippen LogP) is 6.16. The molecule has 0 aromatic rings. The summed E-state index contributed by atoms with van der Waals surface area (Å²) < 4.78 is 5.40. The summed E-state index contributed by atoms with van der Waals surface area (Å²) in [7, 11) is 0. The van der Waals surface area contributed by atoms with Crippen LogP contribution < -0.4 is 0 Å². The maximum Gasteiger partial charge on any atom is 0.159 e. The molecule has 0 aliphatic rings. The van der Waals surface area contributed by atoms with Crippen LogP contribution in [0.15, 0.2) is 34.9 Å². The minimum absolute atomic E-state index is 0.613. The molecular formula is C18H30OS. The van der Waals surface area contributed by atoms with Crippen molar-refractivity contribution in [2.45, 2.75) is 66.7 Å². The zero-order chi connectivity index (χ0) is 15.4. The van der Waals surface area contributed by atoms with Gasteiger partial charge in [0.1, 0.15) is 6.61 Å². The highest BCUT2D eigenvalue weighted by atomic mass is 32.1. The number of thiocarbonyl (C=S) groups is 1. The molecule has 0 spiro atoms. The Kier molecular flexibility index (Phi) is 11.4. The van der Waals surface area contributed by atoms with Crippen molar-refractivity contribution >= 4 is 17.3 Å². The summed E-state index contributed by atoms with van der Waals surface area (Å²) in [5, 5.41) is 0.698. The third-order valence-electron chi connectivity index (χ3n) is 3.09. The van der Waals surface area contributed by atoms with E-state index in [0.29, 0.717) is 11.7 Å². The molecule has 0 aromatic heterocycles. The first-order chi connectivity index (χ1) is 9.45.